The molecule has 1 N–H and O–H groups in total. The molecule has 302 valence electrons. The summed E-state index contributed by atoms with van der Waals surface area (Å²) in [5.74, 6) is 0. The molecule has 50 heavy (non-hydrogen) atoms. The lowest BCUT2D eigenvalue weighted by molar-refractivity contribution is -0.144. The topological polar surface area (TPSA) is 41.9 Å². The maximum Gasteiger partial charge on any atom is 0.154 e. The minimum Gasteiger partial charge on any atom is -0.379 e. The van der Waals surface area contributed by atoms with Gasteiger partial charge in [-0.15, -0.1) is 0 Å². The van der Waals surface area contributed by atoms with E-state index in [-0.39, 0.29) is 6.10 Å². The van der Waals surface area contributed by atoms with Crippen LogP contribution in [0.1, 0.15) is 240 Å². The second kappa shape index (κ2) is 42.3. The quantitative estimate of drug-likeness (QED) is 0.0288. The summed E-state index contributed by atoms with van der Waals surface area (Å²) in [5.41, 5.74) is 0. The number of aliphatic hydroxyl groups excluding tert-OH is 1. The van der Waals surface area contributed by atoms with Crippen molar-refractivity contribution in [2.75, 3.05) is 30.7 Å². The molecule has 0 aliphatic heterocycles. The molecule has 2 unspecified atom stereocenters. The van der Waals surface area contributed by atoms with Crippen LogP contribution in [-0.4, -0.2) is 59.2 Å². The Balaban J connectivity index is 3.93. The van der Waals surface area contributed by atoms with E-state index < -0.39 is 6.29 Å². The molecule has 0 aliphatic carbocycles. The number of alkyl halides is 1. The summed E-state index contributed by atoms with van der Waals surface area (Å²) in [6.07, 6.45) is 42.8. The summed E-state index contributed by atoms with van der Waals surface area (Å²) in [7, 11) is 0. The Morgan fingerprint density at radius 1 is 0.460 bits per heavy atom. The molecule has 0 aliphatic rings. The molecule has 0 rings (SSSR count). The second-order valence-electron chi connectivity index (χ2n) is 15.8. The predicted molar refractivity (Wildman–Crippen MR) is 231 cm³/mol. The molecule has 0 aromatic rings. The highest BCUT2D eigenvalue weighted by Crippen LogP contribution is 2.20. The molecule has 0 spiro atoms. The van der Waals surface area contributed by atoms with Gasteiger partial charge in [-0.2, -0.15) is 0 Å². The molecule has 0 saturated carbocycles. The molecule has 0 fully saturated rings. The van der Waals surface area contributed by atoms with E-state index in [4.69, 9.17) is 9.47 Å². The molecule has 0 saturated heterocycles. The lowest BCUT2D eigenvalue weighted by atomic mass is 10.0. The Kier molecular flexibility index (Phi) is 42.8. The number of hydrogen-bond acceptors (Lipinski definition) is 4. The minimum atomic E-state index is -0.573. The number of ether oxygens (including phenoxy) is 2. The van der Waals surface area contributed by atoms with Crippen LogP contribution < -0.4 is 0 Å². The van der Waals surface area contributed by atoms with Crippen LogP contribution in [0, 0.1) is 0 Å². The highest BCUT2D eigenvalue weighted by molar-refractivity contribution is 14.1. The van der Waals surface area contributed by atoms with Gasteiger partial charge in [0, 0.05) is 17.6 Å². The van der Waals surface area contributed by atoms with Gasteiger partial charge >= 0.3 is 0 Å². The van der Waals surface area contributed by atoms with E-state index in [0.29, 0.717) is 6.10 Å². The fourth-order valence-corrected chi connectivity index (χ4v) is 7.92. The van der Waals surface area contributed by atoms with Crippen LogP contribution in [0.2, 0.25) is 0 Å². The first kappa shape index (κ1) is 50.6. The molecule has 0 bridgehead atoms. The number of hydrogen-bond donors (Lipinski definition) is 1. The molecule has 0 aromatic carbocycles. The number of unbranched alkanes of at least 4 members (excludes halogenated alkanes) is 24. The average Bonchev–Trinajstić information content (AvgIpc) is 3.11. The van der Waals surface area contributed by atoms with Crippen LogP contribution in [-0.2, 0) is 9.47 Å². The SMILES string of the molecule is CCCCCCCCCOC(C)CCCCCCCN(CCI)CCCCCCCC(O)OC(CCCCCCCC)CCCCCCCC. The van der Waals surface area contributed by atoms with Gasteiger partial charge in [-0.3, -0.25) is 0 Å². The normalized spacial score (nSPS) is 13.2. The van der Waals surface area contributed by atoms with Crippen molar-refractivity contribution in [3.8, 4) is 0 Å². The molecular weight excluding hydrogens is 729 g/mol. The zero-order valence-electron chi connectivity index (χ0n) is 34.7. The van der Waals surface area contributed by atoms with E-state index in [0.717, 1.165) is 32.3 Å². The fraction of sp³-hybridized carbons (Fsp3) is 1.00. The Bertz CT molecular complexity index is 607. The Morgan fingerprint density at radius 3 is 1.30 bits per heavy atom. The lowest BCUT2D eigenvalue weighted by Gasteiger charge is -2.22. The first-order valence-electron chi connectivity index (χ1n) is 22.8. The van der Waals surface area contributed by atoms with E-state index in [9.17, 15) is 5.11 Å². The molecular formula is C45H92INO3. The van der Waals surface area contributed by atoms with Gasteiger partial charge in [-0.25, -0.2) is 0 Å². The number of aliphatic hydroxyl groups is 1. The van der Waals surface area contributed by atoms with Crippen LogP contribution in [0.3, 0.4) is 0 Å². The molecule has 0 amide bonds. The largest absolute Gasteiger partial charge is 0.379 e. The highest BCUT2D eigenvalue weighted by atomic mass is 127. The van der Waals surface area contributed by atoms with Gasteiger partial charge in [0.05, 0.1) is 12.2 Å². The zero-order valence-corrected chi connectivity index (χ0v) is 36.8. The number of halogens is 1. The van der Waals surface area contributed by atoms with Gasteiger partial charge in [0.25, 0.3) is 0 Å². The van der Waals surface area contributed by atoms with Crippen LogP contribution in [0.5, 0.6) is 0 Å². The smallest absolute Gasteiger partial charge is 0.154 e. The molecule has 5 heteroatoms. The molecule has 0 heterocycles. The maximum atomic E-state index is 10.7. The van der Waals surface area contributed by atoms with Gasteiger partial charge in [0.1, 0.15) is 0 Å². The van der Waals surface area contributed by atoms with Gasteiger partial charge < -0.3 is 19.5 Å². The summed E-state index contributed by atoms with van der Waals surface area (Å²) >= 11 is 2.54. The van der Waals surface area contributed by atoms with Crippen molar-refractivity contribution in [3.63, 3.8) is 0 Å². The summed E-state index contributed by atoms with van der Waals surface area (Å²) in [5, 5.41) is 10.7. The van der Waals surface area contributed by atoms with Crippen LogP contribution >= 0.6 is 22.6 Å². The lowest BCUT2D eigenvalue weighted by Crippen LogP contribution is -2.28. The monoisotopic (exact) mass is 822 g/mol. The summed E-state index contributed by atoms with van der Waals surface area (Å²) in [6.45, 7) is 13.8. The standard InChI is InChI=1S/C45H92INO3/c1-5-8-11-14-17-26-33-42-49-43(4)34-27-20-18-24-31-39-47(41-38-46)40-32-25-19-23-30-37-45(48)50-44(35-28-21-15-12-9-6-2)36-29-22-16-13-10-7-3/h43-45,48H,5-42H2,1-4H3. The van der Waals surface area contributed by atoms with Crippen molar-refractivity contribution in [1.82, 2.24) is 4.90 Å². The van der Waals surface area contributed by atoms with E-state index in [1.807, 2.05) is 0 Å². The van der Waals surface area contributed by atoms with Crippen LogP contribution in [0.25, 0.3) is 0 Å². The van der Waals surface area contributed by atoms with Gasteiger partial charge in [0.15, 0.2) is 6.29 Å². The van der Waals surface area contributed by atoms with Crippen molar-refractivity contribution < 1.29 is 14.6 Å². The van der Waals surface area contributed by atoms with Crippen molar-refractivity contribution >= 4 is 22.6 Å². The van der Waals surface area contributed by atoms with Gasteiger partial charge in [0.2, 0.25) is 0 Å². The van der Waals surface area contributed by atoms with Crippen molar-refractivity contribution in [2.45, 2.75) is 258 Å². The number of nitrogens with zero attached hydrogens (tertiary/aromatic N) is 1. The highest BCUT2D eigenvalue weighted by Gasteiger charge is 2.15. The predicted octanol–water partition coefficient (Wildman–Crippen LogP) is 14.8. The summed E-state index contributed by atoms with van der Waals surface area (Å²) in [6, 6.07) is 0. The zero-order chi connectivity index (χ0) is 36.6. The van der Waals surface area contributed by atoms with Crippen molar-refractivity contribution in [1.29, 1.82) is 0 Å². The van der Waals surface area contributed by atoms with Gasteiger partial charge in [-0.05, 0) is 71.4 Å². The van der Waals surface area contributed by atoms with Gasteiger partial charge in [-0.1, -0.05) is 204 Å². The minimum absolute atomic E-state index is 0.249. The first-order valence-corrected chi connectivity index (χ1v) is 24.3. The third-order valence-electron chi connectivity index (χ3n) is 10.7. The second-order valence-corrected chi connectivity index (χ2v) is 16.9. The van der Waals surface area contributed by atoms with Crippen LogP contribution in [0.4, 0.5) is 0 Å². The molecule has 4 nitrogen and oxygen atoms in total. The summed E-state index contributed by atoms with van der Waals surface area (Å²) in [4.78, 5) is 2.71. The first-order chi connectivity index (χ1) is 24.6. The fourth-order valence-electron chi connectivity index (χ4n) is 7.24. The Labute approximate surface area is 329 Å². The third-order valence-corrected chi connectivity index (χ3v) is 11.2. The third kappa shape index (κ3) is 38.3. The van der Waals surface area contributed by atoms with Crippen molar-refractivity contribution in [3.05, 3.63) is 0 Å². The molecule has 2 atom stereocenters. The van der Waals surface area contributed by atoms with Crippen molar-refractivity contribution in [2.24, 2.45) is 0 Å². The van der Waals surface area contributed by atoms with E-state index >= 15 is 0 Å². The molecule has 0 aromatic heterocycles. The van der Waals surface area contributed by atoms with E-state index in [1.54, 1.807) is 0 Å². The molecule has 0 radical (unpaired) electrons. The number of rotatable bonds is 43. The van der Waals surface area contributed by atoms with Crippen LogP contribution in [0.15, 0.2) is 0 Å². The maximum absolute atomic E-state index is 10.7. The Hall–Kier alpha value is 0.570. The average molecular weight is 822 g/mol. The summed E-state index contributed by atoms with van der Waals surface area (Å²) < 4.78 is 13.5. The van der Waals surface area contributed by atoms with E-state index in [1.165, 1.54) is 210 Å². The van der Waals surface area contributed by atoms with E-state index in [2.05, 4.69) is 55.2 Å². The Morgan fingerprint density at radius 2 is 0.840 bits per heavy atom.